The molecule has 0 aliphatic carbocycles. The van der Waals surface area contributed by atoms with Gasteiger partial charge in [-0.25, -0.2) is 0 Å². The Bertz CT molecular complexity index is 836. The van der Waals surface area contributed by atoms with E-state index in [-0.39, 0.29) is 10.5 Å². The maximum Gasteiger partial charge on any atom is 0.290 e. The number of hydrogen-bond donors (Lipinski definition) is 2. The monoisotopic (exact) mass is 286 g/mol. The van der Waals surface area contributed by atoms with Crippen molar-refractivity contribution in [2.45, 2.75) is 6.92 Å². The Morgan fingerprint density at radius 1 is 1.15 bits per heavy atom. The van der Waals surface area contributed by atoms with Gasteiger partial charge in [0.2, 0.25) is 0 Å². The summed E-state index contributed by atoms with van der Waals surface area (Å²) in [5, 5.41) is 2.62. The van der Waals surface area contributed by atoms with Crippen LogP contribution in [0.3, 0.4) is 0 Å². The lowest BCUT2D eigenvalue weighted by molar-refractivity contribution is -0.115. The summed E-state index contributed by atoms with van der Waals surface area (Å²) in [5.41, 5.74) is 1.88. The maximum absolute atomic E-state index is 12.0. The van der Waals surface area contributed by atoms with Crippen LogP contribution in [0.15, 0.2) is 34.0 Å². The van der Waals surface area contributed by atoms with Crippen LogP contribution in [0, 0.1) is 6.92 Å². The van der Waals surface area contributed by atoms with Crippen molar-refractivity contribution in [1.29, 1.82) is 0 Å². The molecule has 0 bridgehead atoms. The Kier molecular flexibility index (Phi) is 2.94. The average molecular weight is 286 g/mol. The fourth-order valence-corrected chi connectivity index (χ4v) is 2.69. The van der Waals surface area contributed by atoms with Gasteiger partial charge < -0.3 is 4.98 Å². The summed E-state index contributed by atoms with van der Waals surface area (Å²) in [5.74, 6) is -0.469. The summed E-state index contributed by atoms with van der Waals surface area (Å²) in [6, 6.07) is 7.41. The number of fused-ring (bicyclic) bond motifs is 1. The standard InChI is InChI=1S/C14H10N2O3S/c1-7-2-3-10-8(4-7)5-9(12(17)15-10)6-11-13(18)16-14(19)20-11/h2-6H,1H3,(H,15,17)(H,16,18,19). The normalized spacial score (nSPS) is 16.9. The molecule has 1 aromatic carbocycles. The van der Waals surface area contributed by atoms with Crippen LogP contribution in [0.25, 0.3) is 17.0 Å². The molecule has 1 aliphatic heterocycles. The molecule has 0 unspecified atom stereocenters. The minimum atomic E-state index is -0.469. The van der Waals surface area contributed by atoms with Gasteiger partial charge in [-0.2, -0.15) is 0 Å². The first-order chi connectivity index (χ1) is 9.52. The number of nitrogens with one attached hydrogen (secondary N) is 2. The molecule has 1 saturated heterocycles. The molecule has 0 saturated carbocycles. The fourth-order valence-electron chi connectivity index (χ4n) is 2.01. The van der Waals surface area contributed by atoms with E-state index in [1.54, 1.807) is 6.07 Å². The van der Waals surface area contributed by atoms with Crippen LogP contribution in [-0.2, 0) is 4.79 Å². The first-order valence-corrected chi connectivity index (χ1v) is 6.73. The van der Waals surface area contributed by atoms with Crippen molar-refractivity contribution in [2.24, 2.45) is 0 Å². The Balaban J connectivity index is 2.14. The third-order valence-corrected chi connectivity index (χ3v) is 3.77. The van der Waals surface area contributed by atoms with Gasteiger partial charge in [0.05, 0.1) is 4.91 Å². The van der Waals surface area contributed by atoms with E-state index in [0.29, 0.717) is 5.56 Å². The van der Waals surface area contributed by atoms with Gasteiger partial charge in [-0.1, -0.05) is 11.6 Å². The van der Waals surface area contributed by atoms with Gasteiger partial charge in [-0.15, -0.1) is 0 Å². The van der Waals surface area contributed by atoms with Gasteiger partial charge in [-0.3, -0.25) is 19.7 Å². The van der Waals surface area contributed by atoms with E-state index in [4.69, 9.17) is 0 Å². The Morgan fingerprint density at radius 3 is 2.65 bits per heavy atom. The van der Waals surface area contributed by atoms with E-state index in [2.05, 4.69) is 10.3 Å². The molecule has 6 heteroatoms. The lowest BCUT2D eigenvalue weighted by atomic mass is 10.1. The topological polar surface area (TPSA) is 79.0 Å². The predicted octanol–water partition coefficient (Wildman–Crippen LogP) is 2.16. The summed E-state index contributed by atoms with van der Waals surface area (Å²) >= 11 is 0.794. The molecule has 0 radical (unpaired) electrons. The van der Waals surface area contributed by atoms with E-state index in [9.17, 15) is 14.4 Å². The third kappa shape index (κ3) is 2.25. The maximum atomic E-state index is 12.0. The lowest BCUT2D eigenvalue weighted by Gasteiger charge is -2.01. The zero-order chi connectivity index (χ0) is 14.3. The van der Waals surface area contributed by atoms with Crippen LogP contribution in [0.1, 0.15) is 11.1 Å². The summed E-state index contributed by atoms with van der Waals surface area (Å²) in [6.45, 7) is 1.96. The highest BCUT2D eigenvalue weighted by Gasteiger charge is 2.25. The van der Waals surface area contributed by atoms with E-state index >= 15 is 0 Å². The number of H-pyrrole nitrogens is 1. The Morgan fingerprint density at radius 2 is 1.95 bits per heavy atom. The molecule has 0 spiro atoms. The number of benzene rings is 1. The van der Waals surface area contributed by atoms with Crippen LogP contribution in [0.4, 0.5) is 4.79 Å². The van der Waals surface area contributed by atoms with Crippen LogP contribution in [0.2, 0.25) is 0 Å². The molecule has 0 atom stereocenters. The molecule has 1 aliphatic rings. The molecule has 1 aromatic heterocycles. The number of thioether (sulfide) groups is 1. The van der Waals surface area contributed by atoms with Crippen molar-refractivity contribution >= 4 is 39.9 Å². The molecule has 2 heterocycles. The number of rotatable bonds is 1. The van der Waals surface area contributed by atoms with Gasteiger partial charge in [0.1, 0.15) is 0 Å². The van der Waals surface area contributed by atoms with Crippen LogP contribution < -0.4 is 10.9 Å². The highest BCUT2D eigenvalue weighted by molar-refractivity contribution is 8.18. The van der Waals surface area contributed by atoms with Crippen molar-refractivity contribution < 1.29 is 9.59 Å². The number of aromatic amines is 1. The fraction of sp³-hybridized carbons (Fsp3) is 0.0714. The number of carbonyl (C=O) groups is 2. The Hall–Kier alpha value is -2.34. The van der Waals surface area contributed by atoms with Crippen LogP contribution in [-0.4, -0.2) is 16.1 Å². The molecule has 2 N–H and O–H groups in total. The van der Waals surface area contributed by atoms with E-state index < -0.39 is 11.1 Å². The summed E-state index contributed by atoms with van der Waals surface area (Å²) in [6.07, 6.45) is 1.44. The highest BCUT2D eigenvalue weighted by atomic mass is 32.2. The zero-order valence-electron chi connectivity index (χ0n) is 10.5. The molecule has 5 nitrogen and oxygen atoms in total. The SMILES string of the molecule is Cc1ccc2[nH]c(=O)c(C=C3SC(=O)NC3=O)cc2c1. The number of aryl methyl sites for hydroxylation is 1. The molecular weight excluding hydrogens is 276 g/mol. The molecular formula is C14H10N2O3S. The van der Waals surface area contributed by atoms with Gasteiger partial charge >= 0.3 is 0 Å². The van der Waals surface area contributed by atoms with Crippen LogP contribution >= 0.6 is 11.8 Å². The second-order valence-electron chi connectivity index (χ2n) is 4.50. The number of aromatic nitrogens is 1. The van der Waals surface area contributed by atoms with Gasteiger partial charge in [0.15, 0.2) is 0 Å². The van der Waals surface area contributed by atoms with E-state index in [0.717, 1.165) is 28.2 Å². The molecule has 3 rings (SSSR count). The number of imide groups is 1. The molecule has 100 valence electrons. The number of carbonyl (C=O) groups excluding carboxylic acids is 2. The average Bonchev–Trinajstić information content (AvgIpc) is 2.69. The summed E-state index contributed by atoms with van der Waals surface area (Å²) in [7, 11) is 0. The van der Waals surface area contributed by atoms with E-state index in [1.165, 1.54) is 6.08 Å². The number of hydrogen-bond acceptors (Lipinski definition) is 4. The van der Waals surface area contributed by atoms with Crippen molar-refractivity contribution in [2.75, 3.05) is 0 Å². The van der Waals surface area contributed by atoms with Gasteiger partial charge in [-0.05, 0) is 48.3 Å². The second-order valence-corrected chi connectivity index (χ2v) is 5.51. The third-order valence-electron chi connectivity index (χ3n) is 2.96. The van der Waals surface area contributed by atoms with Crippen molar-refractivity contribution in [3.8, 4) is 0 Å². The minimum Gasteiger partial charge on any atom is -0.321 e. The number of pyridine rings is 1. The van der Waals surface area contributed by atoms with Crippen LogP contribution in [0.5, 0.6) is 0 Å². The van der Waals surface area contributed by atoms with E-state index in [1.807, 2.05) is 25.1 Å². The summed E-state index contributed by atoms with van der Waals surface area (Å²) in [4.78, 5) is 37.5. The van der Waals surface area contributed by atoms with Crippen molar-refractivity contribution in [3.05, 3.63) is 50.7 Å². The second kappa shape index (κ2) is 4.64. The quantitative estimate of drug-likeness (QED) is 0.787. The minimum absolute atomic E-state index is 0.229. The lowest BCUT2D eigenvalue weighted by Crippen LogP contribution is -2.18. The highest BCUT2D eigenvalue weighted by Crippen LogP contribution is 2.25. The predicted molar refractivity (Wildman–Crippen MR) is 78.4 cm³/mol. The Labute approximate surface area is 118 Å². The van der Waals surface area contributed by atoms with Gasteiger partial charge in [0.25, 0.3) is 16.7 Å². The van der Waals surface area contributed by atoms with Crippen molar-refractivity contribution in [1.82, 2.24) is 10.3 Å². The number of amides is 2. The summed E-state index contributed by atoms with van der Waals surface area (Å²) < 4.78 is 0. The molecule has 2 amide bonds. The molecule has 1 fully saturated rings. The molecule has 2 aromatic rings. The van der Waals surface area contributed by atoms with Gasteiger partial charge in [0, 0.05) is 11.1 Å². The largest absolute Gasteiger partial charge is 0.321 e. The van der Waals surface area contributed by atoms with Crippen molar-refractivity contribution in [3.63, 3.8) is 0 Å². The smallest absolute Gasteiger partial charge is 0.290 e. The first kappa shape index (κ1) is 12.7. The first-order valence-electron chi connectivity index (χ1n) is 5.91. The molecule has 20 heavy (non-hydrogen) atoms. The zero-order valence-corrected chi connectivity index (χ0v) is 11.3.